The highest BCUT2D eigenvalue weighted by atomic mass is 16.2. The average molecular weight is 338 g/mol. The lowest BCUT2D eigenvalue weighted by Crippen LogP contribution is -2.45. The van der Waals surface area contributed by atoms with Crippen LogP contribution in [0.4, 0.5) is 4.79 Å². The second kappa shape index (κ2) is 10.5. The SMILES string of the molecule is CC1CCCN(CCCCNC(=O)NCC(=O)N2CCCCC2)C1. The number of unbranched alkanes of at least 4 members (excludes halogenated alkanes) is 1. The molecule has 0 saturated carbocycles. The van der Waals surface area contributed by atoms with Gasteiger partial charge in [0.1, 0.15) is 0 Å². The smallest absolute Gasteiger partial charge is 0.315 e. The maximum atomic E-state index is 12.0. The molecule has 0 aromatic heterocycles. The summed E-state index contributed by atoms with van der Waals surface area (Å²) in [5, 5.41) is 5.52. The number of urea groups is 1. The minimum Gasteiger partial charge on any atom is -0.341 e. The Morgan fingerprint density at radius 1 is 1.00 bits per heavy atom. The maximum absolute atomic E-state index is 12.0. The second-order valence-electron chi connectivity index (χ2n) is 7.31. The minimum absolute atomic E-state index is 0.0315. The average Bonchev–Trinajstić information content (AvgIpc) is 2.60. The summed E-state index contributed by atoms with van der Waals surface area (Å²) >= 11 is 0. The highest BCUT2D eigenvalue weighted by Gasteiger charge is 2.17. The molecule has 0 aromatic rings. The molecule has 0 aromatic carbocycles. The lowest BCUT2D eigenvalue weighted by atomic mass is 10.0. The topological polar surface area (TPSA) is 64.7 Å². The van der Waals surface area contributed by atoms with Crippen molar-refractivity contribution >= 4 is 11.9 Å². The van der Waals surface area contributed by atoms with Crippen LogP contribution in [-0.2, 0) is 4.79 Å². The fourth-order valence-electron chi connectivity index (χ4n) is 3.63. The quantitative estimate of drug-likeness (QED) is 0.696. The van der Waals surface area contributed by atoms with Crippen molar-refractivity contribution in [3.63, 3.8) is 0 Å². The van der Waals surface area contributed by atoms with Crippen LogP contribution >= 0.6 is 0 Å². The Hall–Kier alpha value is -1.30. The molecule has 138 valence electrons. The van der Waals surface area contributed by atoms with Crippen molar-refractivity contribution in [3.8, 4) is 0 Å². The Morgan fingerprint density at radius 3 is 2.54 bits per heavy atom. The summed E-state index contributed by atoms with van der Waals surface area (Å²) in [5.74, 6) is 0.851. The van der Waals surface area contributed by atoms with Crippen LogP contribution < -0.4 is 10.6 Å². The Bertz CT molecular complexity index is 396. The number of nitrogens with one attached hydrogen (secondary N) is 2. The fourth-order valence-corrected chi connectivity index (χ4v) is 3.63. The normalized spacial score (nSPS) is 22.2. The van der Waals surface area contributed by atoms with E-state index in [0.717, 1.165) is 51.2 Å². The van der Waals surface area contributed by atoms with Gasteiger partial charge in [-0.1, -0.05) is 6.92 Å². The van der Waals surface area contributed by atoms with E-state index in [1.807, 2.05) is 4.90 Å². The van der Waals surface area contributed by atoms with Crippen LogP contribution in [0.3, 0.4) is 0 Å². The third-order valence-electron chi connectivity index (χ3n) is 5.04. The zero-order valence-electron chi connectivity index (χ0n) is 15.2. The molecule has 2 aliphatic heterocycles. The number of amides is 3. The molecule has 1 atom stereocenters. The number of carbonyl (C=O) groups excluding carboxylic acids is 2. The molecule has 0 aliphatic carbocycles. The third-order valence-corrected chi connectivity index (χ3v) is 5.04. The summed E-state index contributed by atoms with van der Waals surface area (Å²) in [6.07, 6.45) is 8.12. The molecule has 1 unspecified atom stereocenters. The second-order valence-corrected chi connectivity index (χ2v) is 7.31. The van der Waals surface area contributed by atoms with Gasteiger partial charge >= 0.3 is 6.03 Å². The zero-order chi connectivity index (χ0) is 17.2. The van der Waals surface area contributed by atoms with E-state index in [9.17, 15) is 9.59 Å². The third kappa shape index (κ3) is 7.07. The first-order valence-electron chi connectivity index (χ1n) is 9.67. The number of nitrogens with zero attached hydrogens (tertiary/aromatic N) is 2. The Kier molecular flexibility index (Phi) is 8.36. The van der Waals surface area contributed by atoms with E-state index >= 15 is 0 Å². The van der Waals surface area contributed by atoms with E-state index in [-0.39, 0.29) is 18.5 Å². The van der Waals surface area contributed by atoms with Crippen LogP contribution in [0.25, 0.3) is 0 Å². The lowest BCUT2D eigenvalue weighted by molar-refractivity contribution is -0.130. The van der Waals surface area contributed by atoms with Gasteiger partial charge in [0.15, 0.2) is 0 Å². The maximum Gasteiger partial charge on any atom is 0.315 e. The molecule has 2 N–H and O–H groups in total. The van der Waals surface area contributed by atoms with Crippen LogP contribution in [-0.4, -0.2) is 67.6 Å². The summed E-state index contributed by atoms with van der Waals surface area (Å²) in [6.45, 7) is 8.33. The number of rotatable bonds is 7. The predicted molar refractivity (Wildman–Crippen MR) is 95.9 cm³/mol. The summed E-state index contributed by atoms with van der Waals surface area (Å²) in [6, 6.07) is -0.230. The van der Waals surface area contributed by atoms with Gasteiger partial charge in [-0.25, -0.2) is 4.79 Å². The molecular weight excluding hydrogens is 304 g/mol. The first-order chi connectivity index (χ1) is 11.6. The molecule has 24 heavy (non-hydrogen) atoms. The van der Waals surface area contributed by atoms with E-state index in [1.54, 1.807) is 0 Å². The molecular formula is C18H34N4O2. The predicted octanol–water partition coefficient (Wildman–Crippen LogP) is 1.81. The lowest BCUT2D eigenvalue weighted by Gasteiger charge is -2.30. The molecule has 2 heterocycles. The summed E-state index contributed by atoms with van der Waals surface area (Å²) in [7, 11) is 0. The number of hydrogen-bond acceptors (Lipinski definition) is 3. The van der Waals surface area contributed by atoms with Gasteiger partial charge in [0.2, 0.25) is 5.91 Å². The molecule has 6 nitrogen and oxygen atoms in total. The number of hydrogen-bond donors (Lipinski definition) is 2. The molecule has 0 bridgehead atoms. The van der Waals surface area contributed by atoms with Crippen LogP contribution in [0.5, 0.6) is 0 Å². The molecule has 2 fully saturated rings. The van der Waals surface area contributed by atoms with Gasteiger partial charge in [-0.05, 0) is 64.0 Å². The van der Waals surface area contributed by atoms with Crippen LogP contribution in [0.2, 0.25) is 0 Å². The van der Waals surface area contributed by atoms with Gasteiger partial charge in [0.25, 0.3) is 0 Å². The Labute approximate surface area is 146 Å². The van der Waals surface area contributed by atoms with E-state index < -0.39 is 0 Å². The van der Waals surface area contributed by atoms with Crippen molar-refractivity contribution in [2.75, 3.05) is 45.8 Å². The molecule has 2 aliphatic rings. The Morgan fingerprint density at radius 2 is 1.79 bits per heavy atom. The Balaban J connectivity index is 1.46. The first-order valence-corrected chi connectivity index (χ1v) is 9.67. The van der Waals surface area contributed by atoms with Gasteiger partial charge < -0.3 is 20.4 Å². The minimum atomic E-state index is -0.230. The van der Waals surface area contributed by atoms with Crippen molar-refractivity contribution in [1.82, 2.24) is 20.4 Å². The van der Waals surface area contributed by atoms with Gasteiger partial charge in [-0.2, -0.15) is 0 Å². The van der Waals surface area contributed by atoms with Crippen molar-refractivity contribution in [1.29, 1.82) is 0 Å². The van der Waals surface area contributed by atoms with Crippen molar-refractivity contribution in [2.45, 2.75) is 51.9 Å². The zero-order valence-corrected chi connectivity index (χ0v) is 15.2. The van der Waals surface area contributed by atoms with Gasteiger partial charge in [-0.15, -0.1) is 0 Å². The van der Waals surface area contributed by atoms with E-state index in [4.69, 9.17) is 0 Å². The largest absolute Gasteiger partial charge is 0.341 e. The standard InChI is InChI=1S/C18H34N4O2/c1-16-8-7-11-21(15-16)10-6-3-9-19-18(24)20-14-17(23)22-12-4-2-5-13-22/h16H,2-15H2,1H3,(H2,19,20,24). The first kappa shape index (κ1) is 19.0. The molecule has 0 spiro atoms. The van der Waals surface area contributed by atoms with Crippen LogP contribution in [0.1, 0.15) is 51.9 Å². The monoisotopic (exact) mass is 338 g/mol. The summed E-state index contributed by atoms with van der Waals surface area (Å²) < 4.78 is 0. The van der Waals surface area contributed by atoms with Crippen LogP contribution in [0, 0.1) is 5.92 Å². The fraction of sp³-hybridized carbons (Fsp3) is 0.889. The van der Waals surface area contributed by atoms with Crippen molar-refractivity contribution < 1.29 is 9.59 Å². The van der Waals surface area contributed by atoms with Gasteiger partial charge in [-0.3, -0.25) is 4.79 Å². The molecule has 2 rings (SSSR count). The summed E-state index contributed by atoms with van der Waals surface area (Å²) in [5.41, 5.74) is 0. The van der Waals surface area contributed by atoms with Crippen LogP contribution in [0.15, 0.2) is 0 Å². The number of likely N-dealkylation sites (tertiary alicyclic amines) is 2. The van der Waals surface area contributed by atoms with Gasteiger partial charge in [0, 0.05) is 26.2 Å². The van der Waals surface area contributed by atoms with Crippen molar-refractivity contribution in [2.24, 2.45) is 5.92 Å². The highest BCUT2D eigenvalue weighted by Crippen LogP contribution is 2.15. The van der Waals surface area contributed by atoms with E-state index in [1.165, 1.54) is 32.4 Å². The molecule has 2 saturated heterocycles. The van der Waals surface area contributed by atoms with Crippen molar-refractivity contribution in [3.05, 3.63) is 0 Å². The molecule has 0 radical (unpaired) electrons. The number of piperidine rings is 2. The van der Waals surface area contributed by atoms with Gasteiger partial charge in [0.05, 0.1) is 6.54 Å². The summed E-state index contributed by atoms with van der Waals surface area (Å²) in [4.78, 5) is 28.1. The van der Waals surface area contributed by atoms with E-state index in [2.05, 4.69) is 22.5 Å². The van der Waals surface area contributed by atoms with E-state index in [0.29, 0.717) is 6.54 Å². The number of carbonyl (C=O) groups is 2. The molecule has 6 heteroatoms. The molecule has 3 amide bonds. The highest BCUT2D eigenvalue weighted by molar-refractivity contribution is 5.84.